The van der Waals surface area contributed by atoms with E-state index in [9.17, 15) is 33.5 Å². The number of nitro groups is 1. The number of benzene rings is 2. The van der Waals surface area contributed by atoms with Gasteiger partial charge in [-0.3, -0.25) is 14.7 Å². The zero-order valence-corrected chi connectivity index (χ0v) is 15.8. The molecule has 0 radical (unpaired) electrons. The normalized spacial score (nSPS) is 19.4. The van der Waals surface area contributed by atoms with E-state index >= 15 is 0 Å². The van der Waals surface area contributed by atoms with Crippen LogP contribution < -0.4 is 0 Å². The van der Waals surface area contributed by atoms with Gasteiger partial charge in [-0.05, 0) is 29.7 Å². The number of allylic oxidation sites excluding steroid dienone is 2. The number of hydrogen-bond acceptors (Lipinski definition) is 4. The minimum atomic E-state index is -4.97. The highest BCUT2D eigenvalue weighted by Crippen LogP contribution is 2.62. The second-order valence-electron chi connectivity index (χ2n) is 7.65. The molecule has 0 fully saturated rings. The van der Waals surface area contributed by atoms with Crippen LogP contribution in [-0.4, -0.2) is 19.7 Å². The van der Waals surface area contributed by atoms with Gasteiger partial charge in [0.15, 0.2) is 0 Å². The summed E-state index contributed by atoms with van der Waals surface area (Å²) in [5, 5.41) is 32.7. The number of fused-ring (bicyclic) bond motifs is 5. The van der Waals surface area contributed by atoms with Gasteiger partial charge in [-0.25, -0.2) is 0 Å². The quantitative estimate of drug-likeness (QED) is 0.427. The van der Waals surface area contributed by atoms with Crippen LogP contribution in [0.1, 0.15) is 40.5 Å². The molecule has 5 rings (SSSR count). The smallest absolute Gasteiger partial charge is 0.423 e. The summed E-state index contributed by atoms with van der Waals surface area (Å²) in [6, 6.07) is 11.9. The number of aromatic hydroxyl groups is 2. The number of rotatable bonds is 3. The van der Waals surface area contributed by atoms with E-state index in [1.807, 2.05) is 36.4 Å². The zero-order valence-electron chi connectivity index (χ0n) is 15.8. The lowest BCUT2D eigenvalue weighted by Crippen LogP contribution is -2.10. The van der Waals surface area contributed by atoms with Crippen LogP contribution >= 0.6 is 0 Å². The molecule has 31 heavy (non-hydrogen) atoms. The minimum Gasteiger partial charge on any atom is -0.494 e. The van der Waals surface area contributed by atoms with E-state index in [-0.39, 0.29) is 29.3 Å². The third-order valence-electron chi connectivity index (χ3n) is 6.01. The van der Waals surface area contributed by atoms with Crippen molar-refractivity contribution in [3.05, 3.63) is 87.0 Å². The maximum Gasteiger partial charge on any atom is 0.423 e. The third-order valence-corrected chi connectivity index (χ3v) is 6.01. The second kappa shape index (κ2) is 6.37. The molecule has 2 atom stereocenters. The summed E-state index contributed by atoms with van der Waals surface area (Å²) in [7, 11) is 0. The van der Waals surface area contributed by atoms with Gasteiger partial charge >= 0.3 is 6.18 Å². The van der Waals surface area contributed by atoms with Crippen molar-refractivity contribution in [3.8, 4) is 17.4 Å². The van der Waals surface area contributed by atoms with Gasteiger partial charge in [0.25, 0.3) is 5.69 Å². The molecule has 3 aromatic rings. The van der Waals surface area contributed by atoms with E-state index in [2.05, 4.69) is 0 Å². The first-order valence-corrected chi connectivity index (χ1v) is 9.48. The molecule has 0 spiro atoms. The minimum absolute atomic E-state index is 0.178. The summed E-state index contributed by atoms with van der Waals surface area (Å²) in [4.78, 5) is 9.91. The highest BCUT2D eigenvalue weighted by molar-refractivity contribution is 5.81. The van der Waals surface area contributed by atoms with Gasteiger partial charge in [-0.1, -0.05) is 36.4 Å². The largest absolute Gasteiger partial charge is 0.494 e. The van der Waals surface area contributed by atoms with E-state index in [1.165, 1.54) is 0 Å². The first-order chi connectivity index (χ1) is 14.7. The van der Waals surface area contributed by atoms with Crippen molar-refractivity contribution in [2.24, 2.45) is 0 Å². The summed E-state index contributed by atoms with van der Waals surface area (Å²) in [5.41, 5.74) is 0.178. The molecule has 2 unspecified atom stereocenters. The van der Waals surface area contributed by atoms with E-state index < -0.39 is 22.4 Å². The van der Waals surface area contributed by atoms with E-state index in [1.54, 1.807) is 0 Å². The van der Waals surface area contributed by atoms with Crippen LogP contribution in [0.25, 0.3) is 11.3 Å². The van der Waals surface area contributed by atoms with Crippen LogP contribution in [0.3, 0.4) is 0 Å². The molecule has 2 N–H and O–H groups in total. The average molecular weight is 428 g/mol. The molecule has 158 valence electrons. The molecule has 0 saturated carbocycles. The van der Waals surface area contributed by atoms with Crippen LogP contribution in [0, 0.1) is 10.1 Å². The van der Waals surface area contributed by atoms with Gasteiger partial charge in [0.2, 0.25) is 11.8 Å². The molecule has 0 amide bonds. The summed E-state index contributed by atoms with van der Waals surface area (Å²) in [5.74, 6) is -1.09. The van der Waals surface area contributed by atoms with E-state index in [0.29, 0.717) is 23.6 Å². The molecule has 1 aromatic heterocycles. The number of hydrogen-bond donors (Lipinski definition) is 2. The number of halogens is 3. The molecule has 2 aliphatic rings. The van der Waals surface area contributed by atoms with Crippen LogP contribution in [0.5, 0.6) is 11.8 Å². The average Bonchev–Trinajstić information content (AvgIpc) is 3.39. The Morgan fingerprint density at radius 2 is 1.71 bits per heavy atom. The topological polar surface area (TPSA) is 88.5 Å². The lowest BCUT2D eigenvalue weighted by Gasteiger charge is -2.15. The predicted molar refractivity (Wildman–Crippen MR) is 105 cm³/mol. The Bertz CT molecular complexity index is 1260. The molecule has 9 heteroatoms. The number of nitro benzene ring substituents is 1. The van der Waals surface area contributed by atoms with Gasteiger partial charge in [-0.15, -0.1) is 0 Å². The van der Waals surface area contributed by atoms with E-state index in [4.69, 9.17) is 0 Å². The summed E-state index contributed by atoms with van der Waals surface area (Å²) in [6.07, 6.45) is -2.31. The fraction of sp³-hybridized carbons (Fsp3) is 0.182. The Kier molecular flexibility index (Phi) is 3.95. The van der Waals surface area contributed by atoms with Gasteiger partial charge in [0, 0.05) is 29.0 Å². The van der Waals surface area contributed by atoms with Gasteiger partial charge in [0.05, 0.1) is 10.6 Å². The maximum absolute atomic E-state index is 13.4. The second-order valence-corrected chi connectivity index (χ2v) is 7.65. The van der Waals surface area contributed by atoms with Crippen molar-refractivity contribution in [1.82, 2.24) is 4.57 Å². The van der Waals surface area contributed by atoms with Gasteiger partial charge in [0.1, 0.15) is 5.56 Å². The standard InChI is InChI=1S/C22H15F3N2O4/c23-22(24,25)16-10-13(6-7-17(16)27(30)31)26-20(28)18-12-8-14(11-4-2-1-3-5-11)15(9-12)19(18)21(26)29/h1-8,10,12,15,28-29H,9H2. The molecular weight excluding hydrogens is 413 g/mol. The van der Waals surface area contributed by atoms with Crippen LogP contribution in [0.2, 0.25) is 0 Å². The van der Waals surface area contributed by atoms with Gasteiger partial charge < -0.3 is 10.2 Å². The number of aromatic nitrogens is 1. The van der Waals surface area contributed by atoms with E-state index in [0.717, 1.165) is 27.8 Å². The van der Waals surface area contributed by atoms with Crippen molar-refractivity contribution in [2.45, 2.75) is 24.4 Å². The van der Waals surface area contributed by atoms with Crippen molar-refractivity contribution in [1.29, 1.82) is 0 Å². The van der Waals surface area contributed by atoms with Crippen molar-refractivity contribution < 1.29 is 28.3 Å². The molecule has 1 heterocycles. The highest BCUT2D eigenvalue weighted by atomic mass is 19.4. The fourth-order valence-electron chi connectivity index (χ4n) is 4.77. The predicted octanol–water partition coefficient (Wildman–Crippen LogP) is 5.48. The van der Waals surface area contributed by atoms with Crippen molar-refractivity contribution in [2.75, 3.05) is 0 Å². The fourth-order valence-corrected chi connectivity index (χ4v) is 4.77. The van der Waals surface area contributed by atoms with Crippen LogP contribution in [-0.2, 0) is 6.18 Å². The Balaban J connectivity index is 1.64. The first-order valence-electron chi connectivity index (χ1n) is 9.48. The zero-order chi connectivity index (χ0) is 22.1. The van der Waals surface area contributed by atoms with Crippen molar-refractivity contribution >= 4 is 11.3 Å². The summed E-state index contributed by atoms with van der Waals surface area (Å²) >= 11 is 0. The molecule has 2 aromatic carbocycles. The Hall–Kier alpha value is -3.75. The number of alkyl halides is 3. The molecule has 0 saturated heterocycles. The maximum atomic E-state index is 13.4. The summed E-state index contributed by atoms with van der Waals surface area (Å²) in [6.45, 7) is 0. The summed E-state index contributed by atoms with van der Waals surface area (Å²) < 4.78 is 41.1. The van der Waals surface area contributed by atoms with Crippen LogP contribution in [0.4, 0.5) is 18.9 Å². The SMILES string of the molecule is O=[N+]([O-])c1ccc(-n2c(O)c3c(c2O)C2CC3C=C2c2ccccc2)cc1C(F)(F)F. The molecule has 2 bridgehead atoms. The molecule has 0 aliphatic heterocycles. The van der Waals surface area contributed by atoms with Crippen LogP contribution in [0.15, 0.2) is 54.6 Å². The third kappa shape index (κ3) is 2.73. The monoisotopic (exact) mass is 428 g/mol. The molecular formula is C22H15F3N2O4. The lowest BCUT2D eigenvalue weighted by molar-refractivity contribution is -0.388. The Morgan fingerprint density at radius 3 is 2.35 bits per heavy atom. The highest BCUT2D eigenvalue weighted by Gasteiger charge is 2.46. The Labute approximate surface area is 173 Å². The Morgan fingerprint density at radius 1 is 1.03 bits per heavy atom. The molecule has 6 nitrogen and oxygen atoms in total. The molecule has 2 aliphatic carbocycles. The van der Waals surface area contributed by atoms with Crippen molar-refractivity contribution in [3.63, 3.8) is 0 Å². The lowest BCUT2D eigenvalue weighted by atomic mass is 9.89. The number of nitrogens with zero attached hydrogens (tertiary/aromatic N) is 2. The first kappa shape index (κ1) is 19.2. The van der Waals surface area contributed by atoms with Gasteiger partial charge in [-0.2, -0.15) is 13.2 Å².